The molecule has 1 heterocycles. The average Bonchev–Trinajstić information content (AvgIpc) is 2.49. The molecule has 0 fully saturated rings. The summed E-state index contributed by atoms with van der Waals surface area (Å²) in [6.07, 6.45) is 2.51. The highest BCUT2D eigenvalue weighted by molar-refractivity contribution is 6.36. The van der Waals surface area contributed by atoms with Gasteiger partial charge in [0.2, 0.25) is 0 Å². The molecule has 0 amide bonds. The van der Waals surface area contributed by atoms with Crippen LogP contribution in [0.5, 0.6) is 0 Å². The maximum Gasteiger partial charge on any atom is 0.484 e. The van der Waals surface area contributed by atoms with Crippen LogP contribution in [0.25, 0.3) is 0 Å². The Hall–Kier alpha value is -0.883. The van der Waals surface area contributed by atoms with Gasteiger partial charge in [-0.25, -0.2) is 0 Å². The molecule has 0 aromatic heterocycles. The first kappa shape index (κ1) is 17.2. The van der Waals surface area contributed by atoms with Crippen LogP contribution in [0, 0.1) is 0 Å². The van der Waals surface area contributed by atoms with E-state index in [4.69, 9.17) is 13.3 Å². The lowest BCUT2D eigenvalue weighted by Crippen LogP contribution is -2.27. The smallest absolute Gasteiger partial charge is 0.385 e. The van der Waals surface area contributed by atoms with Crippen LogP contribution in [0.15, 0.2) is 24.3 Å². The van der Waals surface area contributed by atoms with Gasteiger partial charge in [0.05, 0.1) is 0 Å². The molecule has 0 saturated heterocycles. The van der Waals surface area contributed by atoms with Gasteiger partial charge in [-0.3, -0.25) is 0 Å². The Kier molecular flexibility index (Phi) is 9.32. The molecule has 20 heavy (non-hydrogen) atoms. The van der Waals surface area contributed by atoms with Crippen molar-refractivity contribution in [2.75, 3.05) is 31.7 Å². The van der Waals surface area contributed by atoms with Gasteiger partial charge in [0.25, 0.3) is 0 Å². The fraction of sp³-hybridized carbons (Fsp3) is 0.600. The third-order valence-corrected chi connectivity index (χ3v) is 4.68. The van der Waals surface area contributed by atoms with Crippen molar-refractivity contribution in [2.24, 2.45) is 0 Å². The van der Waals surface area contributed by atoms with Crippen molar-refractivity contribution in [1.29, 1.82) is 0 Å². The summed E-state index contributed by atoms with van der Waals surface area (Å²) in [5, 5.41) is 3.36. The van der Waals surface area contributed by atoms with Gasteiger partial charge >= 0.3 is 9.53 Å². The zero-order valence-corrected chi connectivity index (χ0v) is 14.0. The largest absolute Gasteiger partial charge is 0.484 e. The molecule has 1 aromatic rings. The number of rotatable bonds is 6. The number of benzene rings is 1. The number of para-hydroxylation sites is 1. The van der Waals surface area contributed by atoms with E-state index < -0.39 is 9.53 Å². The lowest BCUT2D eigenvalue weighted by atomic mass is 10.0. The van der Waals surface area contributed by atoms with E-state index >= 15 is 0 Å². The fourth-order valence-electron chi connectivity index (χ4n) is 1.97. The molecule has 4 nitrogen and oxygen atoms in total. The van der Waals surface area contributed by atoms with Crippen molar-refractivity contribution in [3.63, 3.8) is 0 Å². The molecule has 0 aliphatic carbocycles. The number of hydrogen-bond acceptors (Lipinski definition) is 4. The normalized spacial score (nSPS) is 13.2. The van der Waals surface area contributed by atoms with Gasteiger partial charge in [-0.15, -0.1) is 0 Å². The molecule has 1 N–H and O–H groups in total. The summed E-state index contributed by atoms with van der Waals surface area (Å²) in [4.78, 5) is 0. The monoisotopic (exact) mass is 297 g/mol. The number of hydrogen-bond donors (Lipinski definition) is 1. The molecule has 2 rings (SSSR count). The van der Waals surface area contributed by atoms with Gasteiger partial charge in [-0.05, 0) is 45.2 Å². The minimum absolute atomic E-state index is 0.677. The van der Waals surface area contributed by atoms with Crippen LogP contribution in [0.1, 0.15) is 32.8 Å². The SMILES string of the molecule is CCO[SiH](OCC)OCC.c1ccc2c(c1)CCCN2. The molecule has 0 unspecified atom stereocenters. The van der Waals surface area contributed by atoms with Crippen molar-refractivity contribution in [3.8, 4) is 0 Å². The molecule has 1 aromatic carbocycles. The average molecular weight is 297 g/mol. The van der Waals surface area contributed by atoms with E-state index in [0.29, 0.717) is 19.8 Å². The fourth-order valence-corrected chi connectivity index (χ4v) is 3.07. The van der Waals surface area contributed by atoms with Gasteiger partial charge in [0, 0.05) is 32.1 Å². The van der Waals surface area contributed by atoms with E-state index in [9.17, 15) is 0 Å². The van der Waals surface area contributed by atoms with E-state index in [1.807, 2.05) is 20.8 Å². The first-order valence-electron chi connectivity index (χ1n) is 7.48. The Bertz CT molecular complexity index is 323. The van der Waals surface area contributed by atoms with E-state index in [1.165, 1.54) is 24.1 Å². The molecular formula is C15H27NO3Si. The standard InChI is InChI=1S/C9H11N.C6H16O3Si/c1-2-6-9-8(4-1)5-3-7-10-9;1-4-7-10(8-5-2)9-6-3/h1-2,4,6,10H,3,5,7H2;10H,4-6H2,1-3H3. The van der Waals surface area contributed by atoms with Crippen molar-refractivity contribution < 1.29 is 13.3 Å². The predicted molar refractivity (Wildman–Crippen MR) is 85.3 cm³/mol. The molecular weight excluding hydrogens is 270 g/mol. The number of anilines is 1. The Balaban J connectivity index is 0.000000200. The highest BCUT2D eigenvalue weighted by Crippen LogP contribution is 2.20. The van der Waals surface area contributed by atoms with Gasteiger partial charge in [0.1, 0.15) is 0 Å². The molecule has 114 valence electrons. The van der Waals surface area contributed by atoms with Crippen LogP contribution >= 0.6 is 0 Å². The van der Waals surface area contributed by atoms with Gasteiger partial charge in [-0.1, -0.05) is 18.2 Å². The molecule has 0 bridgehead atoms. The van der Waals surface area contributed by atoms with Crippen LogP contribution in [0.2, 0.25) is 0 Å². The van der Waals surface area contributed by atoms with E-state index in [-0.39, 0.29) is 0 Å². The summed E-state index contributed by atoms with van der Waals surface area (Å²) in [6.45, 7) is 9.00. The van der Waals surface area contributed by atoms with Gasteiger partial charge < -0.3 is 18.6 Å². The van der Waals surface area contributed by atoms with Crippen LogP contribution in [-0.4, -0.2) is 35.9 Å². The maximum atomic E-state index is 5.22. The Labute approximate surface area is 124 Å². The second-order valence-corrected chi connectivity index (χ2v) is 5.92. The van der Waals surface area contributed by atoms with Crippen LogP contribution in [0.4, 0.5) is 5.69 Å². The zero-order valence-electron chi connectivity index (χ0n) is 12.9. The van der Waals surface area contributed by atoms with Gasteiger partial charge in [0.15, 0.2) is 0 Å². The van der Waals surface area contributed by atoms with Gasteiger partial charge in [-0.2, -0.15) is 0 Å². The number of fused-ring (bicyclic) bond motifs is 1. The van der Waals surface area contributed by atoms with Crippen molar-refractivity contribution in [1.82, 2.24) is 0 Å². The van der Waals surface area contributed by atoms with Crippen LogP contribution in [-0.2, 0) is 19.7 Å². The van der Waals surface area contributed by atoms with Crippen LogP contribution in [0.3, 0.4) is 0 Å². The highest BCUT2D eigenvalue weighted by Gasteiger charge is 2.11. The van der Waals surface area contributed by atoms with E-state index in [1.54, 1.807) is 0 Å². The first-order chi connectivity index (χ1) is 9.81. The van der Waals surface area contributed by atoms with E-state index in [2.05, 4.69) is 29.6 Å². The quantitative estimate of drug-likeness (QED) is 0.820. The minimum Gasteiger partial charge on any atom is -0.385 e. The topological polar surface area (TPSA) is 39.7 Å². The molecule has 0 spiro atoms. The molecule has 0 atom stereocenters. The Morgan fingerprint density at radius 2 is 1.60 bits per heavy atom. The number of aryl methyl sites for hydroxylation is 1. The Morgan fingerprint density at radius 3 is 2.15 bits per heavy atom. The zero-order chi connectivity index (χ0) is 14.6. The summed E-state index contributed by atoms with van der Waals surface area (Å²) in [5.41, 5.74) is 2.79. The lowest BCUT2D eigenvalue weighted by Gasteiger charge is -2.16. The maximum absolute atomic E-state index is 5.22. The molecule has 1 aliphatic rings. The minimum atomic E-state index is -1.73. The summed E-state index contributed by atoms with van der Waals surface area (Å²) >= 11 is 0. The molecule has 0 saturated carbocycles. The van der Waals surface area contributed by atoms with Crippen molar-refractivity contribution >= 4 is 15.2 Å². The predicted octanol–water partition coefficient (Wildman–Crippen LogP) is 2.86. The van der Waals surface area contributed by atoms with Crippen molar-refractivity contribution in [2.45, 2.75) is 33.6 Å². The summed E-state index contributed by atoms with van der Waals surface area (Å²) in [7, 11) is -1.73. The second-order valence-electron chi connectivity index (χ2n) is 4.34. The summed E-state index contributed by atoms with van der Waals surface area (Å²) in [6, 6.07) is 8.53. The third-order valence-electron chi connectivity index (χ3n) is 2.86. The summed E-state index contributed by atoms with van der Waals surface area (Å²) < 4.78 is 15.7. The molecule has 5 heteroatoms. The van der Waals surface area contributed by atoms with Crippen molar-refractivity contribution in [3.05, 3.63) is 29.8 Å². The molecule has 1 aliphatic heterocycles. The lowest BCUT2D eigenvalue weighted by molar-refractivity contribution is 0.107. The van der Waals surface area contributed by atoms with Crippen LogP contribution < -0.4 is 5.32 Å². The Morgan fingerprint density at radius 1 is 1.00 bits per heavy atom. The molecule has 0 radical (unpaired) electrons. The first-order valence-corrected chi connectivity index (χ1v) is 8.89. The number of nitrogens with one attached hydrogen (secondary N) is 1. The second kappa shape index (κ2) is 10.9. The highest BCUT2D eigenvalue weighted by atomic mass is 28.3. The third kappa shape index (κ3) is 6.52. The van der Waals surface area contributed by atoms with E-state index in [0.717, 1.165) is 6.54 Å². The summed E-state index contributed by atoms with van der Waals surface area (Å²) in [5.74, 6) is 0.